The number of rotatable bonds is 4. The highest BCUT2D eigenvalue weighted by Gasteiger charge is 2.27. The molecular formula is C16H15FO2. The summed E-state index contributed by atoms with van der Waals surface area (Å²) in [5.41, 5.74) is 1.57. The van der Waals surface area contributed by atoms with Gasteiger partial charge in [-0.1, -0.05) is 49.4 Å². The quantitative estimate of drug-likeness (QED) is 0.905. The van der Waals surface area contributed by atoms with E-state index in [1.54, 1.807) is 0 Å². The van der Waals surface area contributed by atoms with Crippen LogP contribution in [-0.2, 0) is 4.79 Å². The molecule has 0 saturated heterocycles. The van der Waals surface area contributed by atoms with Gasteiger partial charge in [-0.05, 0) is 29.2 Å². The predicted molar refractivity (Wildman–Crippen MR) is 71.6 cm³/mol. The number of carboxylic acids is 1. The second-order valence-corrected chi connectivity index (χ2v) is 4.57. The fourth-order valence-electron chi connectivity index (χ4n) is 2.26. The van der Waals surface area contributed by atoms with Gasteiger partial charge in [0.15, 0.2) is 0 Å². The standard InChI is InChI=1S/C16H15FO2/c1-11(12-5-3-2-4-6-12)15(16(18)19)13-7-9-14(17)10-8-13/h2-11,15H,1H3,(H,18,19). The molecule has 2 aromatic carbocycles. The van der Waals surface area contributed by atoms with E-state index in [4.69, 9.17) is 0 Å². The zero-order valence-corrected chi connectivity index (χ0v) is 10.6. The molecule has 2 atom stereocenters. The van der Waals surface area contributed by atoms with E-state index in [9.17, 15) is 14.3 Å². The molecule has 2 aromatic rings. The van der Waals surface area contributed by atoms with Crippen molar-refractivity contribution in [1.82, 2.24) is 0 Å². The molecule has 0 heterocycles. The zero-order valence-electron chi connectivity index (χ0n) is 10.6. The summed E-state index contributed by atoms with van der Waals surface area (Å²) in [7, 11) is 0. The molecule has 3 heteroatoms. The van der Waals surface area contributed by atoms with Crippen LogP contribution in [0.5, 0.6) is 0 Å². The fraction of sp³-hybridized carbons (Fsp3) is 0.188. The molecule has 0 aromatic heterocycles. The van der Waals surface area contributed by atoms with Crippen LogP contribution in [-0.4, -0.2) is 11.1 Å². The van der Waals surface area contributed by atoms with Gasteiger partial charge in [-0.3, -0.25) is 4.79 Å². The van der Waals surface area contributed by atoms with Crippen LogP contribution in [0, 0.1) is 5.82 Å². The Hall–Kier alpha value is -2.16. The van der Waals surface area contributed by atoms with Crippen molar-refractivity contribution >= 4 is 5.97 Å². The van der Waals surface area contributed by atoms with E-state index in [1.165, 1.54) is 24.3 Å². The van der Waals surface area contributed by atoms with Crippen molar-refractivity contribution in [2.45, 2.75) is 18.8 Å². The Morgan fingerprint density at radius 3 is 2.11 bits per heavy atom. The van der Waals surface area contributed by atoms with E-state index in [2.05, 4.69) is 0 Å². The van der Waals surface area contributed by atoms with Crippen LogP contribution in [0.2, 0.25) is 0 Å². The van der Waals surface area contributed by atoms with Gasteiger partial charge in [-0.2, -0.15) is 0 Å². The van der Waals surface area contributed by atoms with Crippen LogP contribution in [0.25, 0.3) is 0 Å². The minimum absolute atomic E-state index is 0.177. The smallest absolute Gasteiger partial charge is 0.311 e. The summed E-state index contributed by atoms with van der Waals surface area (Å²) >= 11 is 0. The molecule has 2 unspecified atom stereocenters. The molecular weight excluding hydrogens is 243 g/mol. The maximum Gasteiger partial charge on any atom is 0.311 e. The van der Waals surface area contributed by atoms with Crippen LogP contribution in [0.4, 0.5) is 4.39 Å². The Labute approximate surface area is 111 Å². The molecule has 0 aliphatic rings. The Kier molecular flexibility index (Phi) is 3.95. The van der Waals surface area contributed by atoms with E-state index < -0.39 is 11.9 Å². The SMILES string of the molecule is CC(c1ccccc1)C(C(=O)O)c1ccc(F)cc1. The number of benzene rings is 2. The largest absolute Gasteiger partial charge is 0.481 e. The van der Waals surface area contributed by atoms with Gasteiger partial charge < -0.3 is 5.11 Å². The summed E-state index contributed by atoms with van der Waals surface area (Å²) in [6, 6.07) is 15.1. The molecule has 1 N–H and O–H groups in total. The van der Waals surface area contributed by atoms with Crippen molar-refractivity contribution in [2.24, 2.45) is 0 Å². The Bertz CT molecular complexity index is 549. The number of halogens is 1. The molecule has 0 fully saturated rings. The van der Waals surface area contributed by atoms with Gasteiger partial charge >= 0.3 is 5.97 Å². The molecule has 0 bridgehead atoms. The van der Waals surface area contributed by atoms with Crippen LogP contribution < -0.4 is 0 Å². The maximum atomic E-state index is 12.9. The molecule has 2 nitrogen and oxygen atoms in total. The number of hydrogen-bond acceptors (Lipinski definition) is 1. The molecule has 98 valence electrons. The first-order valence-electron chi connectivity index (χ1n) is 6.13. The topological polar surface area (TPSA) is 37.3 Å². The monoisotopic (exact) mass is 258 g/mol. The second-order valence-electron chi connectivity index (χ2n) is 4.57. The summed E-state index contributed by atoms with van der Waals surface area (Å²) < 4.78 is 12.9. The molecule has 2 rings (SSSR count). The normalized spacial score (nSPS) is 13.8. The Balaban J connectivity index is 2.36. The van der Waals surface area contributed by atoms with Gasteiger partial charge in [0.05, 0.1) is 5.92 Å². The average molecular weight is 258 g/mol. The predicted octanol–water partition coefficient (Wildman–Crippen LogP) is 3.80. The molecule has 0 amide bonds. The zero-order chi connectivity index (χ0) is 13.8. The molecule has 0 saturated carbocycles. The number of hydrogen-bond donors (Lipinski definition) is 1. The fourth-order valence-corrected chi connectivity index (χ4v) is 2.26. The molecule has 0 aliphatic heterocycles. The lowest BCUT2D eigenvalue weighted by molar-refractivity contribution is -0.139. The lowest BCUT2D eigenvalue weighted by Gasteiger charge is -2.21. The minimum Gasteiger partial charge on any atom is -0.481 e. The first-order chi connectivity index (χ1) is 9.09. The summed E-state index contributed by atoms with van der Waals surface area (Å²) in [6.07, 6.45) is 0. The molecule has 0 aliphatic carbocycles. The molecule has 19 heavy (non-hydrogen) atoms. The number of carboxylic acid groups (broad SMARTS) is 1. The van der Waals surface area contributed by atoms with Crippen molar-refractivity contribution in [3.8, 4) is 0 Å². The third-order valence-corrected chi connectivity index (χ3v) is 3.32. The van der Waals surface area contributed by atoms with E-state index in [-0.39, 0.29) is 11.7 Å². The van der Waals surface area contributed by atoms with Gasteiger partial charge in [0.1, 0.15) is 5.82 Å². The van der Waals surface area contributed by atoms with Gasteiger partial charge in [-0.25, -0.2) is 4.39 Å². The van der Waals surface area contributed by atoms with Crippen molar-refractivity contribution in [1.29, 1.82) is 0 Å². The highest BCUT2D eigenvalue weighted by molar-refractivity contribution is 5.77. The maximum absolute atomic E-state index is 12.9. The van der Waals surface area contributed by atoms with E-state index in [0.29, 0.717) is 5.56 Å². The third kappa shape index (κ3) is 2.99. The second kappa shape index (κ2) is 5.65. The first kappa shape index (κ1) is 13.3. The van der Waals surface area contributed by atoms with E-state index >= 15 is 0 Å². The number of aliphatic carboxylic acids is 1. The molecule has 0 radical (unpaired) electrons. The first-order valence-corrected chi connectivity index (χ1v) is 6.13. The lowest BCUT2D eigenvalue weighted by Crippen LogP contribution is -2.18. The summed E-state index contributed by atoms with van der Waals surface area (Å²) in [6.45, 7) is 1.87. The van der Waals surface area contributed by atoms with E-state index in [0.717, 1.165) is 5.56 Å². The molecule has 0 spiro atoms. The van der Waals surface area contributed by atoms with Gasteiger partial charge in [0, 0.05) is 0 Å². The van der Waals surface area contributed by atoms with Crippen LogP contribution in [0.1, 0.15) is 29.9 Å². The van der Waals surface area contributed by atoms with Crippen molar-refractivity contribution in [2.75, 3.05) is 0 Å². The van der Waals surface area contributed by atoms with Crippen LogP contribution in [0.3, 0.4) is 0 Å². The average Bonchev–Trinajstić information content (AvgIpc) is 2.42. The van der Waals surface area contributed by atoms with Crippen LogP contribution in [0.15, 0.2) is 54.6 Å². The van der Waals surface area contributed by atoms with Gasteiger partial charge in [0.25, 0.3) is 0 Å². The van der Waals surface area contributed by atoms with Crippen molar-refractivity contribution in [3.05, 3.63) is 71.5 Å². The van der Waals surface area contributed by atoms with Crippen molar-refractivity contribution in [3.63, 3.8) is 0 Å². The van der Waals surface area contributed by atoms with Gasteiger partial charge in [-0.15, -0.1) is 0 Å². The summed E-state index contributed by atoms with van der Waals surface area (Å²) in [4.78, 5) is 11.5. The van der Waals surface area contributed by atoms with Crippen molar-refractivity contribution < 1.29 is 14.3 Å². The van der Waals surface area contributed by atoms with Crippen LogP contribution >= 0.6 is 0 Å². The highest BCUT2D eigenvalue weighted by atomic mass is 19.1. The third-order valence-electron chi connectivity index (χ3n) is 3.32. The summed E-state index contributed by atoms with van der Waals surface area (Å²) in [5.74, 6) is -2.12. The minimum atomic E-state index is -0.900. The Morgan fingerprint density at radius 1 is 1.00 bits per heavy atom. The lowest BCUT2D eigenvalue weighted by atomic mass is 9.83. The number of carbonyl (C=O) groups is 1. The van der Waals surface area contributed by atoms with Gasteiger partial charge in [0.2, 0.25) is 0 Å². The highest BCUT2D eigenvalue weighted by Crippen LogP contribution is 2.32. The Morgan fingerprint density at radius 2 is 1.58 bits per heavy atom. The van der Waals surface area contributed by atoms with E-state index in [1.807, 2.05) is 37.3 Å². The summed E-state index contributed by atoms with van der Waals surface area (Å²) in [5, 5.41) is 9.43.